The third-order valence-corrected chi connectivity index (χ3v) is 0.923. The summed E-state index contributed by atoms with van der Waals surface area (Å²) in [5.41, 5.74) is 0.361. The summed E-state index contributed by atoms with van der Waals surface area (Å²) in [5.74, 6) is -0.0880. The quantitative estimate of drug-likeness (QED) is 0.337. The molecule has 0 saturated carbocycles. The van der Waals surface area contributed by atoms with E-state index in [2.05, 4.69) is 16.3 Å². The van der Waals surface area contributed by atoms with Crippen molar-refractivity contribution < 1.29 is 4.92 Å². The van der Waals surface area contributed by atoms with Gasteiger partial charge in [-0.1, -0.05) is 11.8 Å². The van der Waals surface area contributed by atoms with Gasteiger partial charge in [-0.05, 0) is 5.69 Å². The molecule has 1 N–H and O–H groups in total. The highest BCUT2D eigenvalue weighted by Gasteiger charge is 1.96. The largest absolute Gasteiger partial charge is 0.371 e. The number of aromatic amines is 1. The number of aryl methyl sites for hydroxylation is 1. The number of nitrogens with one attached hydrogen (secondary N) is 1. The van der Waals surface area contributed by atoms with E-state index in [9.17, 15) is 10.1 Å². The Kier molecular flexibility index (Phi) is 1.18. The van der Waals surface area contributed by atoms with Gasteiger partial charge < -0.3 is 20.1 Å². The Labute approximate surface area is 50.9 Å². The van der Waals surface area contributed by atoms with Gasteiger partial charge in [-0.25, -0.2) is 0 Å². The third kappa shape index (κ3) is 0.883. The van der Waals surface area contributed by atoms with Crippen molar-refractivity contribution in [1.29, 1.82) is 0 Å². The molecule has 0 fully saturated rings. The van der Waals surface area contributed by atoms with Crippen LogP contribution in [0.1, 0.15) is 5.69 Å². The summed E-state index contributed by atoms with van der Waals surface area (Å²) < 4.78 is 0. The Bertz CT molecular complexity index is 229. The van der Waals surface area contributed by atoms with Gasteiger partial charge in [0.15, 0.2) is 5.82 Å². The molecule has 0 bridgehead atoms. The molecular weight excluding hydrogens is 122 g/mol. The number of hydrogen-bond acceptors (Lipinski definition) is 3. The zero-order valence-electron chi connectivity index (χ0n) is 4.71. The Morgan fingerprint density at radius 2 is 2.56 bits per heavy atom. The first-order chi connectivity index (χ1) is 4.22. The van der Waals surface area contributed by atoms with E-state index in [1.165, 1.54) is 0 Å². The molecule has 0 aromatic carbocycles. The molecule has 48 valence electrons. The second-order valence-corrected chi connectivity index (χ2v) is 1.54. The number of rotatable bonds is 1. The number of aromatic nitrogens is 2. The zero-order valence-corrected chi connectivity index (χ0v) is 4.71. The molecule has 1 heterocycles. The molecule has 1 aromatic heterocycles. The Balaban J connectivity index is 3.08. The number of hydrogen-bond donors (Lipinski definition) is 1. The molecule has 5 nitrogen and oxygen atoms in total. The summed E-state index contributed by atoms with van der Waals surface area (Å²) >= 11 is 0. The first-order valence-corrected chi connectivity index (χ1v) is 2.29. The summed E-state index contributed by atoms with van der Waals surface area (Å²) in [7, 11) is 0. The molecule has 0 aliphatic rings. The van der Waals surface area contributed by atoms with Gasteiger partial charge in [0.1, 0.15) is 6.33 Å². The van der Waals surface area contributed by atoms with Crippen molar-refractivity contribution in [3.05, 3.63) is 22.1 Å². The van der Waals surface area contributed by atoms with E-state index in [1.54, 1.807) is 6.92 Å². The fourth-order valence-electron chi connectivity index (χ4n) is 0.486. The summed E-state index contributed by atoms with van der Waals surface area (Å²) in [4.78, 5) is 15.3. The number of H-pyrrole nitrogens is 1. The van der Waals surface area contributed by atoms with E-state index in [0.717, 1.165) is 0 Å². The molecule has 0 spiro atoms. The van der Waals surface area contributed by atoms with Crippen LogP contribution in [0.25, 0.3) is 0 Å². The maximum atomic E-state index is 10.00. The molecule has 0 atom stereocenters. The molecule has 0 amide bonds. The molecule has 1 aromatic rings. The molecule has 0 saturated heterocycles. The van der Waals surface area contributed by atoms with Crippen molar-refractivity contribution in [1.82, 2.24) is 9.97 Å². The first-order valence-electron chi connectivity index (χ1n) is 2.29. The molecular formula is C4H4N3O2-. The van der Waals surface area contributed by atoms with Gasteiger partial charge in [-0.15, -0.1) is 0 Å². The van der Waals surface area contributed by atoms with Gasteiger partial charge in [0, 0.05) is 0 Å². The number of nitro groups is 1. The standard InChI is InChI=1S/C4H4N3O2/c1-3-4(7(8)9)6-2-5-3/h1H3,(H,5,6)/q-1. The van der Waals surface area contributed by atoms with Crippen LogP contribution in [0.4, 0.5) is 5.82 Å². The molecule has 1 rings (SSSR count). The average molecular weight is 126 g/mol. The van der Waals surface area contributed by atoms with Gasteiger partial charge >= 0.3 is 0 Å². The lowest BCUT2D eigenvalue weighted by Gasteiger charge is -1.97. The summed E-state index contributed by atoms with van der Waals surface area (Å²) in [5, 5.41) is 10.00. The minimum atomic E-state index is -0.529. The number of imidazole rings is 1. The Hall–Kier alpha value is -1.39. The highest BCUT2D eigenvalue weighted by Crippen LogP contribution is 2.08. The zero-order chi connectivity index (χ0) is 6.85. The van der Waals surface area contributed by atoms with E-state index in [1.807, 2.05) is 0 Å². The van der Waals surface area contributed by atoms with E-state index < -0.39 is 4.92 Å². The highest BCUT2D eigenvalue weighted by molar-refractivity contribution is 5.22. The smallest absolute Gasteiger partial charge is 0.192 e. The third-order valence-electron chi connectivity index (χ3n) is 0.923. The van der Waals surface area contributed by atoms with Crippen LogP contribution in [0, 0.1) is 23.4 Å². The molecule has 9 heavy (non-hydrogen) atoms. The molecule has 0 unspecified atom stereocenters. The van der Waals surface area contributed by atoms with Gasteiger partial charge in [0.25, 0.3) is 0 Å². The number of nitrogens with zero attached hydrogens (tertiary/aromatic N) is 2. The average Bonchev–Trinajstić information content (AvgIpc) is 2.13. The summed E-state index contributed by atoms with van der Waals surface area (Å²) in [6.07, 6.45) is 2.26. The van der Waals surface area contributed by atoms with Crippen molar-refractivity contribution in [2.75, 3.05) is 0 Å². The van der Waals surface area contributed by atoms with Crippen LogP contribution in [0.2, 0.25) is 0 Å². The van der Waals surface area contributed by atoms with Crippen LogP contribution in [0.5, 0.6) is 0 Å². The van der Waals surface area contributed by atoms with Crippen LogP contribution in [0.3, 0.4) is 0 Å². The van der Waals surface area contributed by atoms with E-state index in [4.69, 9.17) is 0 Å². The predicted octanol–water partition coefficient (Wildman–Crippen LogP) is 0.427. The normalized spacial score (nSPS) is 9.44. The second kappa shape index (κ2) is 1.85. The van der Waals surface area contributed by atoms with Crippen LogP contribution in [-0.4, -0.2) is 14.9 Å². The lowest BCUT2D eigenvalue weighted by atomic mass is 10.5. The fraction of sp³-hybridized carbons (Fsp3) is 0.250. The predicted molar refractivity (Wildman–Crippen MR) is 28.8 cm³/mol. The topological polar surface area (TPSA) is 71.8 Å². The van der Waals surface area contributed by atoms with Gasteiger partial charge in [-0.2, -0.15) is 0 Å². The second-order valence-electron chi connectivity index (χ2n) is 1.54. The van der Waals surface area contributed by atoms with Crippen molar-refractivity contribution in [2.24, 2.45) is 0 Å². The fourth-order valence-corrected chi connectivity index (χ4v) is 0.486. The van der Waals surface area contributed by atoms with Crippen molar-refractivity contribution in [3.63, 3.8) is 0 Å². The monoisotopic (exact) mass is 126 g/mol. The SMILES string of the molecule is Cc1n[c-][nH]c1[N+](=O)[O-]. The maximum absolute atomic E-state index is 10.00. The maximum Gasteiger partial charge on any atom is 0.192 e. The van der Waals surface area contributed by atoms with Crippen LogP contribution < -0.4 is 0 Å². The molecule has 0 aliphatic heterocycles. The van der Waals surface area contributed by atoms with E-state index in [-0.39, 0.29) is 5.82 Å². The summed E-state index contributed by atoms with van der Waals surface area (Å²) in [6, 6.07) is 0. The summed E-state index contributed by atoms with van der Waals surface area (Å²) in [6.45, 7) is 1.55. The Morgan fingerprint density at radius 1 is 1.89 bits per heavy atom. The van der Waals surface area contributed by atoms with Crippen LogP contribution in [0.15, 0.2) is 0 Å². The van der Waals surface area contributed by atoms with E-state index >= 15 is 0 Å². The molecule has 0 radical (unpaired) electrons. The van der Waals surface area contributed by atoms with Crippen molar-refractivity contribution in [3.8, 4) is 0 Å². The van der Waals surface area contributed by atoms with Gasteiger partial charge in [0.2, 0.25) is 0 Å². The van der Waals surface area contributed by atoms with Crippen LogP contribution in [-0.2, 0) is 0 Å². The van der Waals surface area contributed by atoms with Gasteiger partial charge in [0.05, 0.1) is 0 Å². The molecule has 5 heteroatoms. The lowest BCUT2D eigenvalue weighted by molar-refractivity contribution is -0.389. The lowest BCUT2D eigenvalue weighted by Crippen LogP contribution is -1.89. The highest BCUT2D eigenvalue weighted by atomic mass is 16.6. The minimum Gasteiger partial charge on any atom is -0.371 e. The van der Waals surface area contributed by atoms with E-state index in [0.29, 0.717) is 5.69 Å². The first kappa shape index (κ1) is 5.74. The Morgan fingerprint density at radius 3 is 2.78 bits per heavy atom. The van der Waals surface area contributed by atoms with Crippen molar-refractivity contribution in [2.45, 2.75) is 6.92 Å². The van der Waals surface area contributed by atoms with Crippen LogP contribution >= 0.6 is 0 Å². The van der Waals surface area contributed by atoms with Crippen molar-refractivity contribution >= 4 is 5.82 Å². The van der Waals surface area contributed by atoms with Gasteiger partial charge in [-0.3, -0.25) is 0 Å². The minimum absolute atomic E-state index is 0.0880. The molecule has 0 aliphatic carbocycles.